The van der Waals surface area contributed by atoms with Gasteiger partial charge in [-0.25, -0.2) is 0 Å². The SMILES string of the molecule is CCNC(=NCC(C(C)C)N1CCOCC1)N1CCC(COCc2ccccc2)C1. The van der Waals surface area contributed by atoms with Crippen molar-refractivity contribution in [2.24, 2.45) is 16.8 Å². The van der Waals surface area contributed by atoms with Crippen LogP contribution in [0.5, 0.6) is 0 Å². The molecule has 0 aromatic heterocycles. The average Bonchev–Trinajstić information content (AvgIpc) is 3.23. The zero-order valence-corrected chi connectivity index (χ0v) is 19.1. The van der Waals surface area contributed by atoms with Gasteiger partial charge >= 0.3 is 0 Å². The Labute approximate surface area is 182 Å². The van der Waals surface area contributed by atoms with Gasteiger partial charge in [0.25, 0.3) is 0 Å². The first kappa shape index (κ1) is 23.0. The number of ether oxygens (including phenoxy) is 2. The molecule has 2 atom stereocenters. The number of morpholine rings is 1. The molecular weight excluding hydrogens is 376 g/mol. The fourth-order valence-electron chi connectivity index (χ4n) is 4.34. The van der Waals surface area contributed by atoms with E-state index in [4.69, 9.17) is 14.5 Å². The van der Waals surface area contributed by atoms with Gasteiger partial charge < -0.3 is 19.7 Å². The third kappa shape index (κ3) is 6.96. The van der Waals surface area contributed by atoms with E-state index < -0.39 is 0 Å². The summed E-state index contributed by atoms with van der Waals surface area (Å²) >= 11 is 0. The van der Waals surface area contributed by atoms with E-state index >= 15 is 0 Å². The maximum Gasteiger partial charge on any atom is 0.193 e. The van der Waals surface area contributed by atoms with Gasteiger partial charge in [0.15, 0.2) is 5.96 Å². The summed E-state index contributed by atoms with van der Waals surface area (Å²) in [4.78, 5) is 10.0. The minimum atomic E-state index is 0.468. The number of aliphatic imine (C=N–C) groups is 1. The van der Waals surface area contributed by atoms with Gasteiger partial charge in [-0.1, -0.05) is 44.2 Å². The van der Waals surface area contributed by atoms with Crippen molar-refractivity contribution in [3.05, 3.63) is 35.9 Å². The van der Waals surface area contributed by atoms with Crippen LogP contribution < -0.4 is 5.32 Å². The molecule has 2 fully saturated rings. The molecule has 0 amide bonds. The van der Waals surface area contributed by atoms with Crippen LogP contribution in [-0.2, 0) is 16.1 Å². The van der Waals surface area contributed by atoms with Crippen LogP contribution in [0.2, 0.25) is 0 Å². The zero-order valence-electron chi connectivity index (χ0n) is 19.1. The van der Waals surface area contributed by atoms with Crippen LogP contribution in [-0.4, -0.2) is 80.9 Å². The van der Waals surface area contributed by atoms with Crippen LogP contribution >= 0.6 is 0 Å². The molecule has 0 saturated carbocycles. The molecule has 2 aliphatic heterocycles. The quantitative estimate of drug-likeness (QED) is 0.496. The van der Waals surface area contributed by atoms with Crippen LogP contribution in [0.25, 0.3) is 0 Å². The molecule has 168 valence electrons. The zero-order chi connectivity index (χ0) is 21.2. The summed E-state index contributed by atoms with van der Waals surface area (Å²) in [6, 6.07) is 10.9. The van der Waals surface area contributed by atoms with Crippen LogP contribution in [0.4, 0.5) is 0 Å². The number of guanidine groups is 1. The Morgan fingerprint density at radius 1 is 1.20 bits per heavy atom. The molecule has 6 nitrogen and oxygen atoms in total. The standard InChI is InChI=1S/C24H40N4O2/c1-4-25-24(26-16-23(20(2)3)27-12-14-29-15-13-27)28-11-10-22(17-28)19-30-18-21-8-6-5-7-9-21/h5-9,20,22-23H,4,10-19H2,1-3H3,(H,25,26). The van der Waals surface area contributed by atoms with Gasteiger partial charge in [-0.3, -0.25) is 9.89 Å². The Balaban J connectivity index is 1.50. The molecule has 0 bridgehead atoms. The second kappa shape index (κ2) is 12.3. The highest BCUT2D eigenvalue weighted by Gasteiger charge is 2.27. The van der Waals surface area contributed by atoms with Gasteiger partial charge in [0.2, 0.25) is 0 Å². The van der Waals surface area contributed by atoms with Crippen molar-refractivity contribution in [3.8, 4) is 0 Å². The number of nitrogens with one attached hydrogen (secondary N) is 1. The van der Waals surface area contributed by atoms with E-state index in [0.717, 1.165) is 71.5 Å². The van der Waals surface area contributed by atoms with E-state index in [1.807, 2.05) is 6.07 Å². The fourth-order valence-corrected chi connectivity index (χ4v) is 4.34. The lowest BCUT2D eigenvalue weighted by molar-refractivity contribution is 0.00863. The van der Waals surface area contributed by atoms with E-state index in [9.17, 15) is 0 Å². The molecule has 2 saturated heterocycles. The van der Waals surface area contributed by atoms with E-state index in [-0.39, 0.29) is 0 Å². The Morgan fingerprint density at radius 3 is 2.67 bits per heavy atom. The maximum absolute atomic E-state index is 6.00. The smallest absolute Gasteiger partial charge is 0.193 e. The van der Waals surface area contributed by atoms with Gasteiger partial charge in [-0.05, 0) is 24.8 Å². The monoisotopic (exact) mass is 416 g/mol. The molecule has 2 aliphatic rings. The molecule has 2 heterocycles. The summed E-state index contributed by atoms with van der Waals surface area (Å²) in [7, 11) is 0. The Bertz CT molecular complexity index is 631. The molecule has 1 aromatic carbocycles. The predicted molar refractivity (Wildman–Crippen MR) is 123 cm³/mol. The number of hydrogen-bond donors (Lipinski definition) is 1. The van der Waals surface area contributed by atoms with Gasteiger partial charge in [0.05, 0.1) is 33.0 Å². The van der Waals surface area contributed by atoms with Crippen molar-refractivity contribution < 1.29 is 9.47 Å². The summed E-state index contributed by atoms with van der Waals surface area (Å²) in [6.45, 7) is 15.8. The molecule has 1 N–H and O–H groups in total. The second-order valence-corrected chi connectivity index (χ2v) is 8.76. The Hall–Kier alpha value is -1.63. The number of benzene rings is 1. The molecule has 0 radical (unpaired) electrons. The van der Waals surface area contributed by atoms with Gasteiger partial charge in [-0.15, -0.1) is 0 Å². The molecule has 0 aliphatic carbocycles. The summed E-state index contributed by atoms with van der Waals surface area (Å²) in [5.74, 6) is 2.20. The Morgan fingerprint density at radius 2 is 1.97 bits per heavy atom. The summed E-state index contributed by atoms with van der Waals surface area (Å²) < 4.78 is 11.5. The van der Waals surface area contributed by atoms with Gasteiger partial charge in [0, 0.05) is 44.7 Å². The lowest BCUT2D eigenvalue weighted by Gasteiger charge is -2.36. The summed E-state index contributed by atoms with van der Waals surface area (Å²) in [5.41, 5.74) is 1.24. The van der Waals surface area contributed by atoms with Crippen LogP contribution in [0.15, 0.2) is 35.3 Å². The van der Waals surface area contributed by atoms with Crippen molar-refractivity contribution >= 4 is 5.96 Å². The normalized spacial score (nSPS) is 21.9. The number of rotatable bonds is 9. The van der Waals surface area contributed by atoms with Crippen molar-refractivity contribution in [2.45, 2.75) is 39.8 Å². The molecule has 6 heteroatoms. The van der Waals surface area contributed by atoms with E-state index in [1.54, 1.807) is 0 Å². The highest BCUT2D eigenvalue weighted by molar-refractivity contribution is 5.80. The van der Waals surface area contributed by atoms with Gasteiger partial charge in [-0.2, -0.15) is 0 Å². The van der Waals surface area contributed by atoms with Crippen molar-refractivity contribution in [1.82, 2.24) is 15.1 Å². The molecule has 3 rings (SSSR count). The molecule has 1 aromatic rings. The minimum Gasteiger partial charge on any atom is -0.379 e. The number of hydrogen-bond acceptors (Lipinski definition) is 4. The average molecular weight is 417 g/mol. The number of nitrogens with zero attached hydrogens (tertiary/aromatic N) is 3. The molecular formula is C24H40N4O2. The van der Waals surface area contributed by atoms with Crippen molar-refractivity contribution in [1.29, 1.82) is 0 Å². The summed E-state index contributed by atoms with van der Waals surface area (Å²) in [6.07, 6.45) is 1.16. The maximum atomic E-state index is 6.00. The highest BCUT2D eigenvalue weighted by Crippen LogP contribution is 2.18. The van der Waals surface area contributed by atoms with Crippen LogP contribution in [0.3, 0.4) is 0 Å². The first-order chi connectivity index (χ1) is 14.7. The summed E-state index contributed by atoms with van der Waals surface area (Å²) in [5, 5.41) is 3.52. The molecule has 2 unspecified atom stereocenters. The molecule has 30 heavy (non-hydrogen) atoms. The van der Waals surface area contributed by atoms with E-state index in [2.05, 4.69) is 60.2 Å². The number of likely N-dealkylation sites (tertiary alicyclic amines) is 1. The highest BCUT2D eigenvalue weighted by atomic mass is 16.5. The first-order valence-electron chi connectivity index (χ1n) is 11.6. The topological polar surface area (TPSA) is 49.3 Å². The van der Waals surface area contributed by atoms with Crippen LogP contribution in [0, 0.1) is 11.8 Å². The third-order valence-electron chi connectivity index (χ3n) is 6.10. The van der Waals surface area contributed by atoms with Crippen LogP contribution in [0.1, 0.15) is 32.8 Å². The molecule has 0 spiro atoms. The van der Waals surface area contributed by atoms with E-state index in [0.29, 0.717) is 24.5 Å². The third-order valence-corrected chi connectivity index (χ3v) is 6.10. The fraction of sp³-hybridized carbons (Fsp3) is 0.708. The Kier molecular flexibility index (Phi) is 9.43. The van der Waals surface area contributed by atoms with Crippen molar-refractivity contribution in [2.75, 3.05) is 59.1 Å². The van der Waals surface area contributed by atoms with Gasteiger partial charge in [0.1, 0.15) is 0 Å². The predicted octanol–water partition coefficient (Wildman–Crippen LogP) is 2.85. The first-order valence-corrected chi connectivity index (χ1v) is 11.6. The second-order valence-electron chi connectivity index (χ2n) is 8.76. The van der Waals surface area contributed by atoms with E-state index in [1.165, 1.54) is 5.56 Å². The minimum absolute atomic E-state index is 0.468. The lowest BCUT2D eigenvalue weighted by atomic mass is 10.0. The lowest BCUT2D eigenvalue weighted by Crippen LogP contribution is -2.48. The van der Waals surface area contributed by atoms with Crippen molar-refractivity contribution in [3.63, 3.8) is 0 Å². The largest absolute Gasteiger partial charge is 0.379 e.